The van der Waals surface area contributed by atoms with Crippen LogP contribution >= 0.6 is 0 Å². The predicted molar refractivity (Wildman–Crippen MR) is 105 cm³/mol. The number of nitrogens with zero attached hydrogens (tertiary/aromatic N) is 1. The number of nitrogens with two attached hydrogens (primary N) is 3. The molecule has 3 atom stereocenters. The zero-order chi connectivity index (χ0) is 21.1. The van der Waals surface area contributed by atoms with Crippen molar-refractivity contribution in [3.8, 4) is 0 Å². The van der Waals surface area contributed by atoms with Gasteiger partial charge in [0.1, 0.15) is 12.1 Å². The number of carboxylic acids is 1. The van der Waals surface area contributed by atoms with E-state index in [1.807, 2.05) is 18.2 Å². The summed E-state index contributed by atoms with van der Waals surface area (Å²) in [5.74, 6) is -2.38. The highest BCUT2D eigenvalue weighted by Crippen LogP contribution is 2.06. The summed E-state index contributed by atoms with van der Waals surface area (Å²) in [6.07, 6.45) is 0.702. The van der Waals surface area contributed by atoms with E-state index in [-0.39, 0.29) is 25.3 Å². The number of amides is 2. The Morgan fingerprint density at radius 1 is 1.07 bits per heavy atom. The van der Waals surface area contributed by atoms with Gasteiger partial charge in [-0.2, -0.15) is 0 Å². The summed E-state index contributed by atoms with van der Waals surface area (Å²) in [5.41, 5.74) is 16.8. The minimum absolute atomic E-state index is 0.0857. The van der Waals surface area contributed by atoms with Crippen molar-refractivity contribution in [3.63, 3.8) is 0 Å². The number of benzene rings is 1. The van der Waals surface area contributed by atoms with E-state index < -0.39 is 35.9 Å². The fourth-order valence-electron chi connectivity index (χ4n) is 2.40. The first kappa shape index (κ1) is 22.9. The number of guanidine groups is 1. The van der Waals surface area contributed by atoms with E-state index in [2.05, 4.69) is 15.6 Å². The van der Waals surface area contributed by atoms with Gasteiger partial charge in [0, 0.05) is 13.0 Å². The number of rotatable bonds is 11. The van der Waals surface area contributed by atoms with Crippen LogP contribution in [0, 0.1) is 0 Å². The zero-order valence-corrected chi connectivity index (χ0v) is 15.8. The Labute approximate surface area is 163 Å². The van der Waals surface area contributed by atoms with Gasteiger partial charge >= 0.3 is 5.97 Å². The van der Waals surface area contributed by atoms with Crippen LogP contribution in [0.25, 0.3) is 0 Å². The highest BCUT2D eigenvalue weighted by molar-refractivity contribution is 5.91. The van der Waals surface area contributed by atoms with E-state index in [0.717, 1.165) is 5.56 Å². The van der Waals surface area contributed by atoms with E-state index in [1.165, 1.54) is 6.92 Å². The van der Waals surface area contributed by atoms with Crippen LogP contribution in [-0.4, -0.2) is 53.5 Å². The van der Waals surface area contributed by atoms with Gasteiger partial charge < -0.3 is 32.9 Å². The summed E-state index contributed by atoms with van der Waals surface area (Å²) < 4.78 is 0. The molecular weight excluding hydrogens is 364 g/mol. The number of carboxylic acid groups (broad SMARTS) is 1. The maximum atomic E-state index is 12.7. The first-order valence-electron chi connectivity index (χ1n) is 8.89. The molecule has 0 aliphatic heterocycles. The van der Waals surface area contributed by atoms with Crippen LogP contribution in [0.2, 0.25) is 0 Å². The lowest BCUT2D eigenvalue weighted by Gasteiger charge is -2.22. The highest BCUT2D eigenvalue weighted by atomic mass is 16.4. The number of aliphatic carboxylic acids is 1. The van der Waals surface area contributed by atoms with Gasteiger partial charge in [0.15, 0.2) is 5.96 Å². The van der Waals surface area contributed by atoms with Crippen molar-refractivity contribution in [1.82, 2.24) is 10.6 Å². The maximum absolute atomic E-state index is 12.7. The summed E-state index contributed by atoms with van der Waals surface area (Å²) in [6, 6.07) is 6.16. The lowest BCUT2D eigenvalue weighted by molar-refractivity contribution is -0.142. The Kier molecular flexibility index (Phi) is 9.44. The molecule has 9 N–H and O–H groups in total. The van der Waals surface area contributed by atoms with Gasteiger partial charge in [-0.3, -0.25) is 14.6 Å². The summed E-state index contributed by atoms with van der Waals surface area (Å²) in [7, 11) is 0. The normalized spacial score (nSPS) is 13.6. The molecule has 10 nitrogen and oxygen atoms in total. The molecule has 0 radical (unpaired) electrons. The second kappa shape index (κ2) is 11.5. The van der Waals surface area contributed by atoms with E-state index in [4.69, 9.17) is 17.2 Å². The van der Waals surface area contributed by atoms with E-state index in [0.29, 0.717) is 6.42 Å². The van der Waals surface area contributed by atoms with Crippen molar-refractivity contribution in [1.29, 1.82) is 0 Å². The number of aliphatic imine (C=N–C) groups is 1. The zero-order valence-electron chi connectivity index (χ0n) is 15.8. The Hall–Kier alpha value is -3.14. The largest absolute Gasteiger partial charge is 0.480 e. The summed E-state index contributed by atoms with van der Waals surface area (Å²) in [5, 5.41) is 14.4. The fourth-order valence-corrected chi connectivity index (χ4v) is 2.40. The van der Waals surface area contributed by atoms with Gasteiger partial charge in [0.2, 0.25) is 11.8 Å². The molecule has 1 aromatic carbocycles. The molecule has 0 unspecified atom stereocenters. The molecule has 0 saturated carbocycles. The lowest BCUT2D eigenvalue weighted by atomic mass is 10.0. The van der Waals surface area contributed by atoms with Crippen LogP contribution < -0.4 is 27.8 Å². The number of hydrogen-bond donors (Lipinski definition) is 6. The van der Waals surface area contributed by atoms with E-state index in [9.17, 15) is 19.5 Å². The molecule has 0 aliphatic rings. The minimum atomic E-state index is -1.19. The standard InChI is InChI=1S/C18H28N6O4/c1-11(19)15(25)24-14(10-12-6-3-2-4-7-12)16(26)23-13(17(27)28)8-5-9-22-18(20)21/h2-4,6-7,11,13-14H,5,8-10,19H2,1H3,(H,23,26)(H,24,25)(H,27,28)(H4,20,21,22)/t11-,13+,14+/m1/s1. The van der Waals surface area contributed by atoms with Crippen molar-refractivity contribution < 1.29 is 19.5 Å². The Morgan fingerprint density at radius 3 is 2.21 bits per heavy atom. The average Bonchev–Trinajstić information content (AvgIpc) is 2.63. The van der Waals surface area contributed by atoms with Gasteiger partial charge in [0.25, 0.3) is 0 Å². The number of carbonyl (C=O) groups excluding carboxylic acids is 2. The predicted octanol–water partition coefficient (Wildman–Crippen LogP) is -1.32. The molecule has 1 aromatic rings. The van der Waals surface area contributed by atoms with Gasteiger partial charge in [-0.25, -0.2) is 4.79 Å². The van der Waals surface area contributed by atoms with Crippen LogP contribution in [0.4, 0.5) is 0 Å². The fraction of sp³-hybridized carbons (Fsp3) is 0.444. The molecule has 0 spiro atoms. The van der Waals surface area contributed by atoms with Crippen LogP contribution in [0.5, 0.6) is 0 Å². The monoisotopic (exact) mass is 392 g/mol. The van der Waals surface area contributed by atoms with Crippen molar-refractivity contribution in [2.24, 2.45) is 22.2 Å². The molecule has 10 heteroatoms. The third-order valence-electron chi connectivity index (χ3n) is 3.89. The van der Waals surface area contributed by atoms with E-state index in [1.54, 1.807) is 12.1 Å². The number of carbonyl (C=O) groups is 3. The van der Waals surface area contributed by atoms with Crippen LogP contribution in [0.3, 0.4) is 0 Å². The molecule has 0 saturated heterocycles. The minimum Gasteiger partial charge on any atom is -0.480 e. The third-order valence-corrected chi connectivity index (χ3v) is 3.89. The maximum Gasteiger partial charge on any atom is 0.326 e. The van der Waals surface area contributed by atoms with Gasteiger partial charge in [-0.05, 0) is 25.3 Å². The highest BCUT2D eigenvalue weighted by Gasteiger charge is 2.27. The molecular formula is C18H28N6O4. The average molecular weight is 392 g/mol. The Bertz CT molecular complexity index is 689. The Balaban J connectivity index is 2.82. The molecule has 0 aliphatic carbocycles. The van der Waals surface area contributed by atoms with Gasteiger partial charge in [-0.1, -0.05) is 30.3 Å². The van der Waals surface area contributed by atoms with Crippen molar-refractivity contribution >= 4 is 23.7 Å². The van der Waals surface area contributed by atoms with Crippen LogP contribution in [-0.2, 0) is 20.8 Å². The molecule has 1 rings (SSSR count). The van der Waals surface area contributed by atoms with Crippen LogP contribution in [0.1, 0.15) is 25.3 Å². The topological polar surface area (TPSA) is 186 Å². The van der Waals surface area contributed by atoms with E-state index >= 15 is 0 Å². The first-order valence-corrected chi connectivity index (χ1v) is 8.89. The summed E-state index contributed by atoms with van der Waals surface area (Å²) in [4.78, 5) is 39.9. The van der Waals surface area contributed by atoms with Crippen molar-refractivity contribution in [3.05, 3.63) is 35.9 Å². The molecule has 0 aromatic heterocycles. The second-order valence-corrected chi connectivity index (χ2v) is 6.39. The molecule has 154 valence electrons. The van der Waals surface area contributed by atoms with Crippen molar-refractivity contribution in [2.75, 3.05) is 6.54 Å². The number of nitrogens with one attached hydrogen (secondary N) is 2. The molecule has 0 fully saturated rings. The summed E-state index contributed by atoms with van der Waals surface area (Å²) in [6.45, 7) is 1.74. The van der Waals surface area contributed by atoms with Crippen molar-refractivity contribution in [2.45, 2.75) is 44.3 Å². The smallest absolute Gasteiger partial charge is 0.326 e. The third kappa shape index (κ3) is 8.49. The van der Waals surface area contributed by atoms with Gasteiger partial charge in [-0.15, -0.1) is 0 Å². The molecule has 0 bridgehead atoms. The second-order valence-electron chi connectivity index (χ2n) is 6.39. The lowest BCUT2D eigenvalue weighted by Crippen LogP contribution is -2.54. The number of hydrogen-bond acceptors (Lipinski definition) is 5. The first-order chi connectivity index (χ1) is 13.2. The molecule has 28 heavy (non-hydrogen) atoms. The van der Waals surface area contributed by atoms with Gasteiger partial charge in [0.05, 0.1) is 6.04 Å². The molecule has 0 heterocycles. The van der Waals surface area contributed by atoms with Crippen LogP contribution in [0.15, 0.2) is 35.3 Å². The SMILES string of the molecule is C[C@@H](N)C(=O)N[C@@H](Cc1ccccc1)C(=O)N[C@@H](CCCN=C(N)N)C(=O)O. The summed E-state index contributed by atoms with van der Waals surface area (Å²) >= 11 is 0. The Morgan fingerprint density at radius 2 is 1.68 bits per heavy atom. The molecule has 2 amide bonds. The quantitative estimate of drug-likeness (QED) is 0.153.